The van der Waals surface area contributed by atoms with Gasteiger partial charge in [0.1, 0.15) is 32.7 Å². The van der Waals surface area contributed by atoms with Gasteiger partial charge in [0.25, 0.3) is 20.2 Å². The number of rotatable bonds is 10. The maximum atomic E-state index is 12.2. The van der Waals surface area contributed by atoms with E-state index >= 15 is 0 Å². The largest absolute Gasteiger partial charge is 0.505 e. The molecule has 0 bridgehead atoms. The summed E-state index contributed by atoms with van der Waals surface area (Å²) in [5.41, 5.74) is 1.52. The number of nitrogens with zero attached hydrogens (tertiary/aromatic N) is 2. The SMILES string of the molecule is O=C1C=C(O)/C(=N\Nc2ccc(/C=C/c3ccc(N/N=C4/C(O)=CC(=O)C=C4C(=O)O)cc3S(=O)(=O)O)c(S(=O)(=O)O)c2)C(C(=O)O)=C1. The van der Waals surface area contributed by atoms with Crippen molar-refractivity contribution < 1.29 is 65.5 Å². The third kappa shape index (κ3) is 7.94. The van der Waals surface area contributed by atoms with E-state index in [1.165, 1.54) is 12.1 Å². The second-order valence-electron chi connectivity index (χ2n) is 9.52. The Bertz CT molecular complexity index is 2090. The summed E-state index contributed by atoms with van der Waals surface area (Å²) in [5, 5.41) is 46.0. The number of carboxylic acids is 2. The highest BCUT2D eigenvalue weighted by molar-refractivity contribution is 7.86. The van der Waals surface area contributed by atoms with Gasteiger partial charge in [0, 0.05) is 24.3 Å². The van der Waals surface area contributed by atoms with Crippen LogP contribution in [0.15, 0.2) is 103 Å². The van der Waals surface area contributed by atoms with Crippen molar-refractivity contribution in [1.82, 2.24) is 0 Å². The quantitative estimate of drug-likeness (QED) is 0.0760. The van der Waals surface area contributed by atoms with Gasteiger partial charge in [-0.05, 0) is 35.4 Å². The summed E-state index contributed by atoms with van der Waals surface area (Å²) in [6, 6.07) is 6.45. The lowest BCUT2D eigenvalue weighted by molar-refractivity contribution is -0.133. The summed E-state index contributed by atoms with van der Waals surface area (Å²) in [7, 11) is -9.93. The third-order valence-electron chi connectivity index (χ3n) is 6.21. The molecule has 20 heteroatoms. The van der Waals surface area contributed by atoms with Crippen LogP contribution < -0.4 is 10.9 Å². The molecule has 0 aliphatic heterocycles. The van der Waals surface area contributed by atoms with Gasteiger partial charge in [-0.1, -0.05) is 24.3 Å². The Labute approximate surface area is 269 Å². The Kier molecular flexibility index (Phi) is 9.57. The second-order valence-corrected chi connectivity index (χ2v) is 12.3. The lowest BCUT2D eigenvalue weighted by atomic mass is 10.0. The zero-order valence-electron chi connectivity index (χ0n) is 23.6. The Hall–Kier alpha value is -6.22. The fraction of sp³-hybridized carbons (Fsp3) is 0. The Morgan fingerprint density at radius 3 is 1.29 bits per heavy atom. The lowest BCUT2D eigenvalue weighted by Gasteiger charge is -2.12. The monoisotopic (exact) mass is 700 g/mol. The molecule has 0 aromatic heterocycles. The molecule has 0 saturated heterocycles. The molecule has 2 aromatic rings. The van der Waals surface area contributed by atoms with Gasteiger partial charge in [-0.25, -0.2) is 9.59 Å². The first kappa shape index (κ1) is 34.6. The van der Waals surface area contributed by atoms with Gasteiger partial charge in [-0.3, -0.25) is 29.5 Å². The number of allylic oxidation sites excluding steroid dienone is 6. The van der Waals surface area contributed by atoms with Gasteiger partial charge in [0.05, 0.1) is 22.5 Å². The molecule has 248 valence electrons. The Balaban J connectivity index is 1.67. The van der Waals surface area contributed by atoms with Gasteiger partial charge >= 0.3 is 11.9 Å². The molecule has 0 unspecified atom stereocenters. The maximum Gasteiger partial charge on any atom is 0.338 e. The fourth-order valence-electron chi connectivity index (χ4n) is 4.10. The molecule has 8 N–H and O–H groups in total. The topological polar surface area (TPSA) is 307 Å². The summed E-state index contributed by atoms with van der Waals surface area (Å²) >= 11 is 0. The number of nitrogens with one attached hydrogen (secondary N) is 2. The van der Waals surface area contributed by atoms with Crippen LogP contribution in [0.2, 0.25) is 0 Å². The molecule has 0 saturated carbocycles. The molecule has 0 heterocycles. The summed E-state index contributed by atoms with van der Waals surface area (Å²) in [4.78, 5) is 44.5. The van der Waals surface area contributed by atoms with Crippen LogP contribution in [0, 0.1) is 0 Å². The highest BCUT2D eigenvalue weighted by Crippen LogP contribution is 2.27. The van der Waals surface area contributed by atoms with Crippen molar-refractivity contribution in [2.75, 3.05) is 10.9 Å². The number of benzene rings is 2. The molecular formula is C28H20N4O14S2. The van der Waals surface area contributed by atoms with Crippen molar-refractivity contribution in [1.29, 1.82) is 0 Å². The minimum atomic E-state index is -4.96. The normalized spacial score (nSPS) is 17.1. The number of anilines is 2. The number of hydrogen-bond acceptors (Lipinski definition) is 14. The van der Waals surface area contributed by atoms with E-state index in [1.54, 1.807) is 0 Å². The van der Waals surface area contributed by atoms with Gasteiger partial charge in [0.15, 0.2) is 11.6 Å². The van der Waals surface area contributed by atoms with Crippen LogP contribution in [0.1, 0.15) is 11.1 Å². The highest BCUT2D eigenvalue weighted by Gasteiger charge is 2.26. The van der Waals surface area contributed by atoms with Crippen molar-refractivity contribution in [3.63, 3.8) is 0 Å². The van der Waals surface area contributed by atoms with Crippen LogP contribution >= 0.6 is 0 Å². The number of aliphatic hydroxyl groups is 2. The highest BCUT2D eigenvalue weighted by atomic mass is 32.2. The predicted molar refractivity (Wildman–Crippen MR) is 166 cm³/mol. The zero-order valence-corrected chi connectivity index (χ0v) is 25.2. The molecule has 2 aliphatic carbocycles. The van der Waals surface area contributed by atoms with Crippen molar-refractivity contribution in [2.45, 2.75) is 9.79 Å². The number of carbonyl (C=O) groups excluding carboxylic acids is 2. The van der Waals surface area contributed by atoms with E-state index < -0.39 is 87.6 Å². The van der Waals surface area contributed by atoms with Crippen LogP contribution in [-0.2, 0) is 39.4 Å². The van der Waals surface area contributed by atoms with Crippen LogP contribution in [0.3, 0.4) is 0 Å². The number of aliphatic carboxylic acids is 2. The smallest absolute Gasteiger partial charge is 0.338 e. The standard InChI is InChI=1S/C28H20N4O14S2/c33-17-9-19(27(37)38)25(21(35)11-17)31-29-15-5-3-13(23(7-15)47(41,42)43)1-2-14-4-6-16(8-24(14)48(44,45)46)30-32-26-20(28(39)40)10-18(34)12-22(26)36/h1-12,29-30,35-36H,(H,37,38)(H,39,40)(H,41,42,43)(H,44,45,46)/b2-1+,31-25-,32-26+. The number of ketones is 2. The maximum absolute atomic E-state index is 12.2. The van der Waals surface area contributed by atoms with E-state index in [-0.39, 0.29) is 22.5 Å². The third-order valence-corrected chi connectivity index (χ3v) is 8.03. The van der Waals surface area contributed by atoms with Gasteiger partial charge in [-0.2, -0.15) is 27.0 Å². The van der Waals surface area contributed by atoms with Crippen molar-refractivity contribution in [3.8, 4) is 0 Å². The molecule has 18 nitrogen and oxygen atoms in total. The first-order chi connectivity index (χ1) is 22.3. The van der Waals surface area contributed by atoms with Crippen LogP contribution in [0.4, 0.5) is 11.4 Å². The molecule has 4 rings (SSSR count). The second kappa shape index (κ2) is 13.3. The predicted octanol–water partition coefficient (Wildman–Crippen LogP) is 1.96. The number of hydrogen-bond donors (Lipinski definition) is 8. The fourth-order valence-corrected chi connectivity index (χ4v) is 5.52. The lowest BCUT2D eigenvalue weighted by Crippen LogP contribution is -2.21. The van der Waals surface area contributed by atoms with Crippen molar-refractivity contribution in [3.05, 3.63) is 94.5 Å². The van der Waals surface area contributed by atoms with E-state index in [2.05, 4.69) is 21.1 Å². The number of aliphatic hydroxyl groups excluding tert-OH is 2. The van der Waals surface area contributed by atoms with E-state index in [0.717, 1.165) is 36.4 Å². The minimum absolute atomic E-state index is 0.138. The van der Waals surface area contributed by atoms with Crippen LogP contribution in [0.5, 0.6) is 0 Å². The molecule has 0 fully saturated rings. The van der Waals surface area contributed by atoms with Gasteiger partial charge in [0.2, 0.25) is 0 Å². The zero-order chi connectivity index (χ0) is 35.6. The Morgan fingerprint density at radius 1 is 0.625 bits per heavy atom. The molecule has 2 aliphatic rings. The minimum Gasteiger partial charge on any atom is -0.505 e. The molecular weight excluding hydrogens is 680 g/mol. The molecule has 48 heavy (non-hydrogen) atoms. The molecule has 0 amide bonds. The molecule has 0 atom stereocenters. The van der Waals surface area contributed by atoms with Gasteiger partial charge < -0.3 is 20.4 Å². The Morgan fingerprint density at radius 2 is 0.979 bits per heavy atom. The van der Waals surface area contributed by atoms with E-state index in [9.17, 15) is 65.5 Å². The molecule has 2 aromatic carbocycles. The molecule has 0 radical (unpaired) electrons. The first-order valence-electron chi connectivity index (χ1n) is 12.7. The van der Waals surface area contributed by atoms with E-state index in [0.29, 0.717) is 24.3 Å². The van der Waals surface area contributed by atoms with Crippen molar-refractivity contribution >= 4 is 78.7 Å². The van der Waals surface area contributed by atoms with E-state index in [4.69, 9.17) is 0 Å². The number of carbonyl (C=O) groups is 4. The number of carboxylic acid groups (broad SMARTS) is 2. The average Bonchev–Trinajstić information content (AvgIpc) is 2.97. The summed E-state index contributed by atoms with van der Waals surface area (Å²) < 4.78 is 68.4. The van der Waals surface area contributed by atoms with E-state index in [1.807, 2.05) is 0 Å². The van der Waals surface area contributed by atoms with Crippen LogP contribution in [0.25, 0.3) is 12.2 Å². The molecule has 0 spiro atoms. The van der Waals surface area contributed by atoms with Crippen LogP contribution in [-0.4, -0.2) is 81.3 Å². The average molecular weight is 701 g/mol. The summed E-state index contributed by atoms with van der Waals surface area (Å²) in [5.74, 6) is -6.37. The van der Waals surface area contributed by atoms with Gasteiger partial charge in [-0.15, -0.1) is 0 Å². The first-order valence-corrected chi connectivity index (χ1v) is 15.6. The summed E-state index contributed by atoms with van der Waals surface area (Å²) in [6.07, 6.45) is 4.94. The summed E-state index contributed by atoms with van der Waals surface area (Å²) in [6.45, 7) is 0. The number of hydrazone groups is 2. The van der Waals surface area contributed by atoms with Crippen molar-refractivity contribution in [2.24, 2.45) is 10.2 Å².